The highest BCUT2D eigenvalue weighted by atomic mass is 32.2. The highest BCUT2D eigenvalue weighted by Gasteiger charge is 2.14. The Bertz CT molecular complexity index is 128. The molecule has 1 nitrogen and oxygen atoms in total. The lowest BCUT2D eigenvalue weighted by atomic mass is 10.3. The normalized spacial score (nSPS) is 19.0. The Morgan fingerprint density at radius 3 is 2.64 bits per heavy atom. The summed E-state index contributed by atoms with van der Waals surface area (Å²) in [6.07, 6.45) is 6.32. The van der Waals surface area contributed by atoms with Gasteiger partial charge < -0.3 is 0 Å². The maximum Gasteiger partial charge on any atom is 0.130 e. The molecule has 1 fully saturated rings. The van der Waals surface area contributed by atoms with Gasteiger partial charge >= 0.3 is 0 Å². The first-order valence-corrected chi connectivity index (χ1v) is 5.45. The van der Waals surface area contributed by atoms with E-state index in [0.29, 0.717) is 5.78 Å². The number of carbonyl (C=O) groups excluding carboxylic acids is 1. The summed E-state index contributed by atoms with van der Waals surface area (Å²) < 4.78 is 0. The van der Waals surface area contributed by atoms with Crippen molar-refractivity contribution >= 4 is 17.5 Å². The maximum atomic E-state index is 10.6. The first-order valence-electron chi connectivity index (χ1n) is 4.40. The van der Waals surface area contributed by atoms with Gasteiger partial charge in [0, 0.05) is 17.4 Å². The number of rotatable bonds is 4. The quantitative estimate of drug-likeness (QED) is 0.648. The van der Waals surface area contributed by atoms with E-state index in [1.165, 1.54) is 25.7 Å². The molecule has 0 bridgehead atoms. The summed E-state index contributed by atoms with van der Waals surface area (Å²) in [4.78, 5) is 10.6. The number of Topliss-reactive ketones (excluding diaryl/α,β-unsaturated/α-hetero) is 1. The minimum Gasteiger partial charge on any atom is -0.300 e. The molecule has 1 aliphatic rings. The Morgan fingerprint density at radius 2 is 2.09 bits per heavy atom. The molecule has 0 aromatic carbocycles. The predicted octanol–water partition coefficient (Wildman–Crippen LogP) is 2.64. The van der Waals surface area contributed by atoms with Crippen LogP contribution in [0.2, 0.25) is 0 Å². The van der Waals surface area contributed by atoms with Crippen LogP contribution in [0.25, 0.3) is 0 Å². The second kappa shape index (κ2) is 4.81. The third kappa shape index (κ3) is 3.80. The zero-order valence-corrected chi connectivity index (χ0v) is 7.95. The topological polar surface area (TPSA) is 17.1 Å². The van der Waals surface area contributed by atoms with Crippen molar-refractivity contribution in [1.82, 2.24) is 0 Å². The van der Waals surface area contributed by atoms with E-state index in [9.17, 15) is 4.79 Å². The largest absolute Gasteiger partial charge is 0.300 e. The Morgan fingerprint density at radius 1 is 1.45 bits per heavy atom. The lowest BCUT2D eigenvalue weighted by Crippen LogP contribution is -1.98. The average molecular weight is 172 g/mol. The Balaban J connectivity index is 1.98. The molecule has 11 heavy (non-hydrogen) atoms. The molecule has 0 aromatic heterocycles. The highest BCUT2D eigenvalue weighted by Crippen LogP contribution is 2.29. The zero-order chi connectivity index (χ0) is 8.10. The lowest BCUT2D eigenvalue weighted by Gasteiger charge is -2.06. The van der Waals surface area contributed by atoms with Crippen LogP contribution in [0.3, 0.4) is 0 Å². The van der Waals surface area contributed by atoms with E-state index in [1.54, 1.807) is 6.92 Å². The summed E-state index contributed by atoms with van der Waals surface area (Å²) in [5.41, 5.74) is 0. The summed E-state index contributed by atoms with van der Waals surface area (Å²) >= 11 is 1.99. The molecule has 0 aliphatic heterocycles. The molecule has 0 spiro atoms. The van der Waals surface area contributed by atoms with E-state index in [-0.39, 0.29) is 0 Å². The van der Waals surface area contributed by atoms with Crippen LogP contribution < -0.4 is 0 Å². The van der Waals surface area contributed by atoms with Crippen LogP contribution in [-0.2, 0) is 4.79 Å². The van der Waals surface area contributed by atoms with E-state index >= 15 is 0 Å². The molecule has 0 heterocycles. The number of ketones is 1. The summed E-state index contributed by atoms with van der Waals surface area (Å²) in [7, 11) is 0. The SMILES string of the molecule is CC(=O)CCSC1CCCC1. The van der Waals surface area contributed by atoms with Gasteiger partial charge in [-0.05, 0) is 19.8 Å². The fourth-order valence-corrected chi connectivity index (χ4v) is 2.83. The molecule has 1 rings (SSSR count). The fourth-order valence-electron chi connectivity index (χ4n) is 1.42. The van der Waals surface area contributed by atoms with Gasteiger partial charge in [-0.15, -0.1) is 0 Å². The van der Waals surface area contributed by atoms with Gasteiger partial charge in [0.15, 0.2) is 0 Å². The Kier molecular flexibility index (Phi) is 3.98. The van der Waals surface area contributed by atoms with Crippen molar-refractivity contribution in [2.45, 2.75) is 44.3 Å². The van der Waals surface area contributed by atoms with Crippen molar-refractivity contribution in [3.63, 3.8) is 0 Å². The second-order valence-corrected chi connectivity index (χ2v) is 4.64. The molecule has 0 aromatic rings. The van der Waals surface area contributed by atoms with Crippen LogP contribution >= 0.6 is 11.8 Å². The Labute approximate surface area is 72.9 Å². The molecular formula is C9H16OS. The second-order valence-electron chi connectivity index (χ2n) is 3.23. The summed E-state index contributed by atoms with van der Waals surface area (Å²) in [6, 6.07) is 0. The zero-order valence-electron chi connectivity index (χ0n) is 7.14. The fraction of sp³-hybridized carbons (Fsp3) is 0.889. The minimum atomic E-state index is 0.329. The molecule has 0 unspecified atom stereocenters. The van der Waals surface area contributed by atoms with E-state index < -0.39 is 0 Å². The van der Waals surface area contributed by atoms with E-state index in [0.717, 1.165) is 17.4 Å². The van der Waals surface area contributed by atoms with Gasteiger partial charge in [-0.1, -0.05) is 12.8 Å². The van der Waals surface area contributed by atoms with Crippen molar-refractivity contribution in [2.75, 3.05) is 5.75 Å². The predicted molar refractivity (Wildman–Crippen MR) is 50.0 cm³/mol. The minimum absolute atomic E-state index is 0.329. The number of hydrogen-bond acceptors (Lipinski definition) is 2. The molecule has 2 heteroatoms. The smallest absolute Gasteiger partial charge is 0.130 e. The van der Waals surface area contributed by atoms with Gasteiger partial charge in [0.2, 0.25) is 0 Å². The van der Waals surface area contributed by atoms with Crippen molar-refractivity contribution in [3.8, 4) is 0 Å². The number of carbonyl (C=O) groups is 1. The molecular weight excluding hydrogens is 156 g/mol. The lowest BCUT2D eigenvalue weighted by molar-refractivity contribution is -0.116. The third-order valence-electron chi connectivity index (χ3n) is 2.11. The van der Waals surface area contributed by atoms with Gasteiger partial charge in [0.05, 0.1) is 0 Å². The number of thioether (sulfide) groups is 1. The van der Waals surface area contributed by atoms with Crippen molar-refractivity contribution in [2.24, 2.45) is 0 Å². The van der Waals surface area contributed by atoms with Gasteiger partial charge in [-0.25, -0.2) is 0 Å². The van der Waals surface area contributed by atoms with Crippen LogP contribution in [0, 0.1) is 0 Å². The third-order valence-corrected chi connectivity index (χ3v) is 3.49. The van der Waals surface area contributed by atoms with Gasteiger partial charge in [0.1, 0.15) is 5.78 Å². The average Bonchev–Trinajstić information content (AvgIpc) is 2.39. The molecule has 64 valence electrons. The maximum absolute atomic E-state index is 10.6. The molecule has 1 saturated carbocycles. The van der Waals surface area contributed by atoms with Crippen molar-refractivity contribution < 1.29 is 4.79 Å². The van der Waals surface area contributed by atoms with Crippen molar-refractivity contribution in [3.05, 3.63) is 0 Å². The Hall–Kier alpha value is 0.0200. The summed E-state index contributed by atoms with van der Waals surface area (Å²) in [5.74, 6) is 1.37. The standard InChI is InChI=1S/C9H16OS/c1-8(10)6-7-11-9-4-2-3-5-9/h9H,2-7H2,1H3. The van der Waals surface area contributed by atoms with Crippen LogP contribution in [-0.4, -0.2) is 16.8 Å². The molecule has 0 atom stereocenters. The highest BCUT2D eigenvalue weighted by molar-refractivity contribution is 7.99. The summed E-state index contributed by atoms with van der Waals surface area (Å²) in [6.45, 7) is 1.68. The van der Waals surface area contributed by atoms with Gasteiger partial charge in [0.25, 0.3) is 0 Å². The monoisotopic (exact) mass is 172 g/mol. The molecule has 0 amide bonds. The summed E-state index contributed by atoms with van der Waals surface area (Å²) in [5, 5.41) is 0.870. The number of hydrogen-bond donors (Lipinski definition) is 0. The van der Waals surface area contributed by atoms with Crippen LogP contribution in [0.5, 0.6) is 0 Å². The molecule has 0 radical (unpaired) electrons. The first kappa shape index (κ1) is 9.11. The molecule has 1 aliphatic carbocycles. The van der Waals surface area contributed by atoms with E-state index in [2.05, 4.69) is 0 Å². The van der Waals surface area contributed by atoms with E-state index in [4.69, 9.17) is 0 Å². The van der Waals surface area contributed by atoms with Crippen molar-refractivity contribution in [1.29, 1.82) is 0 Å². The van der Waals surface area contributed by atoms with Crippen LogP contribution in [0.4, 0.5) is 0 Å². The first-order chi connectivity index (χ1) is 5.29. The van der Waals surface area contributed by atoms with Crippen LogP contribution in [0.1, 0.15) is 39.0 Å². The van der Waals surface area contributed by atoms with Gasteiger partial charge in [-0.2, -0.15) is 11.8 Å². The molecule has 0 N–H and O–H groups in total. The molecule has 0 saturated heterocycles. The van der Waals surface area contributed by atoms with Crippen LogP contribution in [0.15, 0.2) is 0 Å². The van der Waals surface area contributed by atoms with Gasteiger partial charge in [-0.3, -0.25) is 4.79 Å². The van der Waals surface area contributed by atoms with E-state index in [1.807, 2.05) is 11.8 Å².